The van der Waals surface area contributed by atoms with Gasteiger partial charge in [0.2, 0.25) is 0 Å². The van der Waals surface area contributed by atoms with E-state index in [1.807, 2.05) is 30.3 Å². The molecule has 2 fully saturated rings. The van der Waals surface area contributed by atoms with E-state index in [1.54, 1.807) is 7.11 Å². The highest BCUT2D eigenvalue weighted by Crippen LogP contribution is 2.33. The highest BCUT2D eigenvalue weighted by molar-refractivity contribution is 5.16. The third-order valence-electron chi connectivity index (χ3n) is 3.53. The van der Waals surface area contributed by atoms with E-state index in [1.165, 1.54) is 0 Å². The molecule has 0 spiro atoms. The van der Waals surface area contributed by atoms with E-state index in [-0.39, 0.29) is 12.2 Å². The second-order valence-electron chi connectivity index (χ2n) is 4.82. The van der Waals surface area contributed by atoms with E-state index >= 15 is 0 Å². The summed E-state index contributed by atoms with van der Waals surface area (Å²) in [5.74, 6) is 0. The molecular weight excluding hydrogens is 248 g/mol. The minimum atomic E-state index is -0.598. The third kappa shape index (κ3) is 2.66. The number of rotatable bonds is 2. The first-order valence-corrected chi connectivity index (χ1v) is 6.46. The molecule has 0 unspecified atom stereocenters. The molecular formula is C14H18O5. The topological polar surface area (TPSA) is 57.2 Å². The fourth-order valence-corrected chi connectivity index (χ4v) is 2.52. The molecule has 0 radical (unpaired) electrons. The zero-order valence-electron chi connectivity index (χ0n) is 10.8. The first-order valence-electron chi connectivity index (χ1n) is 6.46. The lowest BCUT2D eigenvalue weighted by atomic mass is 10.0. The Kier molecular flexibility index (Phi) is 3.81. The Bertz CT molecular complexity index is 410. The van der Waals surface area contributed by atoms with Crippen LogP contribution in [0.15, 0.2) is 30.3 Å². The summed E-state index contributed by atoms with van der Waals surface area (Å²) < 4.78 is 22.3. The Labute approximate surface area is 112 Å². The molecule has 0 aromatic heterocycles. The predicted octanol–water partition coefficient (Wildman–Crippen LogP) is 1.22. The highest BCUT2D eigenvalue weighted by atomic mass is 16.7. The zero-order valence-corrected chi connectivity index (χ0v) is 10.8. The lowest BCUT2D eigenvalue weighted by Crippen LogP contribution is -2.55. The number of aliphatic hydroxyl groups is 1. The largest absolute Gasteiger partial charge is 0.390 e. The maximum atomic E-state index is 10.1. The Morgan fingerprint density at radius 2 is 2.00 bits per heavy atom. The molecule has 19 heavy (non-hydrogen) atoms. The van der Waals surface area contributed by atoms with E-state index in [9.17, 15) is 5.11 Å². The van der Waals surface area contributed by atoms with Crippen LogP contribution in [0.25, 0.3) is 0 Å². The molecule has 5 atom stereocenters. The molecule has 2 saturated heterocycles. The number of ether oxygens (including phenoxy) is 4. The van der Waals surface area contributed by atoms with E-state index < -0.39 is 18.7 Å². The van der Waals surface area contributed by atoms with Gasteiger partial charge in [0.05, 0.1) is 12.7 Å². The van der Waals surface area contributed by atoms with E-state index in [0.29, 0.717) is 13.0 Å². The second kappa shape index (κ2) is 5.56. The van der Waals surface area contributed by atoms with Crippen molar-refractivity contribution in [2.75, 3.05) is 13.7 Å². The van der Waals surface area contributed by atoms with Crippen molar-refractivity contribution >= 4 is 0 Å². The molecule has 5 heteroatoms. The van der Waals surface area contributed by atoms with Gasteiger partial charge in [-0.25, -0.2) is 0 Å². The predicted molar refractivity (Wildman–Crippen MR) is 66.3 cm³/mol. The molecule has 3 rings (SSSR count). The van der Waals surface area contributed by atoms with Gasteiger partial charge in [-0.3, -0.25) is 0 Å². The van der Waals surface area contributed by atoms with Crippen molar-refractivity contribution in [1.29, 1.82) is 0 Å². The summed E-state index contributed by atoms with van der Waals surface area (Å²) >= 11 is 0. The summed E-state index contributed by atoms with van der Waals surface area (Å²) in [6.07, 6.45) is -1.67. The highest BCUT2D eigenvalue weighted by Gasteiger charge is 2.43. The van der Waals surface area contributed by atoms with E-state index in [4.69, 9.17) is 18.9 Å². The lowest BCUT2D eigenvalue weighted by molar-refractivity contribution is -0.334. The van der Waals surface area contributed by atoms with Crippen LogP contribution < -0.4 is 0 Å². The minimum absolute atomic E-state index is 0.284. The summed E-state index contributed by atoms with van der Waals surface area (Å²) in [4.78, 5) is 0. The fraction of sp³-hybridized carbons (Fsp3) is 0.571. The van der Waals surface area contributed by atoms with Crippen LogP contribution >= 0.6 is 0 Å². The standard InChI is InChI=1S/C14H18O5/c1-16-12-7-10(15)13-11(18-12)8-17-14(19-13)9-5-3-2-4-6-9/h2-6,10-15H,7-8H2,1H3/t10-,11-,12+,13-,14+/m1/s1. The summed E-state index contributed by atoms with van der Waals surface area (Å²) in [6, 6.07) is 9.70. The first-order chi connectivity index (χ1) is 9.28. The molecule has 2 aliphatic rings. The van der Waals surface area contributed by atoms with Gasteiger partial charge in [0.1, 0.15) is 12.2 Å². The van der Waals surface area contributed by atoms with Crippen LogP contribution in [-0.2, 0) is 18.9 Å². The van der Waals surface area contributed by atoms with Crippen LogP contribution in [0.5, 0.6) is 0 Å². The first kappa shape index (κ1) is 13.0. The van der Waals surface area contributed by atoms with Crippen molar-refractivity contribution in [2.45, 2.75) is 37.3 Å². The number of aliphatic hydroxyl groups excluding tert-OH is 1. The Hall–Kier alpha value is -0.980. The number of hydrogen-bond acceptors (Lipinski definition) is 5. The fourth-order valence-electron chi connectivity index (χ4n) is 2.52. The van der Waals surface area contributed by atoms with Gasteiger partial charge in [-0.1, -0.05) is 30.3 Å². The average molecular weight is 266 g/mol. The van der Waals surface area contributed by atoms with Crippen LogP contribution in [0, 0.1) is 0 Å². The molecule has 0 amide bonds. The third-order valence-corrected chi connectivity index (χ3v) is 3.53. The van der Waals surface area contributed by atoms with Crippen molar-refractivity contribution in [2.24, 2.45) is 0 Å². The van der Waals surface area contributed by atoms with Crippen LogP contribution in [0.4, 0.5) is 0 Å². The van der Waals surface area contributed by atoms with Gasteiger partial charge in [-0.05, 0) is 0 Å². The summed E-state index contributed by atoms with van der Waals surface area (Å²) in [7, 11) is 1.56. The number of methoxy groups -OCH3 is 1. The van der Waals surface area contributed by atoms with Crippen LogP contribution in [0.3, 0.4) is 0 Å². The zero-order chi connectivity index (χ0) is 13.2. The van der Waals surface area contributed by atoms with Crippen molar-refractivity contribution in [3.63, 3.8) is 0 Å². The number of hydrogen-bond donors (Lipinski definition) is 1. The maximum absolute atomic E-state index is 10.1. The monoisotopic (exact) mass is 266 g/mol. The van der Waals surface area contributed by atoms with Crippen LogP contribution in [0.2, 0.25) is 0 Å². The molecule has 0 bridgehead atoms. The molecule has 1 aromatic rings. The SMILES string of the molecule is CO[C@@H]1C[C@@H](O)[C@H]2O[C@@H](c3ccccc3)OC[C@H]2O1. The summed E-state index contributed by atoms with van der Waals surface area (Å²) in [6.45, 7) is 0.390. The van der Waals surface area contributed by atoms with Crippen molar-refractivity contribution in [1.82, 2.24) is 0 Å². The average Bonchev–Trinajstić information content (AvgIpc) is 2.47. The van der Waals surface area contributed by atoms with Gasteiger partial charge in [-0.2, -0.15) is 0 Å². The molecule has 0 aliphatic carbocycles. The molecule has 1 N–H and O–H groups in total. The Morgan fingerprint density at radius 3 is 2.74 bits per heavy atom. The maximum Gasteiger partial charge on any atom is 0.184 e. The molecule has 5 nitrogen and oxygen atoms in total. The normalized spacial score (nSPS) is 38.7. The summed E-state index contributed by atoms with van der Waals surface area (Å²) in [5, 5.41) is 10.1. The molecule has 2 heterocycles. The van der Waals surface area contributed by atoms with Crippen LogP contribution in [-0.4, -0.2) is 43.4 Å². The number of benzene rings is 1. The van der Waals surface area contributed by atoms with E-state index in [0.717, 1.165) is 5.56 Å². The minimum Gasteiger partial charge on any atom is -0.390 e. The molecule has 104 valence electrons. The molecule has 0 saturated carbocycles. The van der Waals surface area contributed by atoms with Gasteiger partial charge >= 0.3 is 0 Å². The van der Waals surface area contributed by atoms with Crippen molar-refractivity contribution < 1.29 is 24.1 Å². The Balaban J connectivity index is 1.70. The second-order valence-corrected chi connectivity index (χ2v) is 4.82. The molecule has 2 aliphatic heterocycles. The van der Waals surface area contributed by atoms with Gasteiger partial charge in [0.25, 0.3) is 0 Å². The van der Waals surface area contributed by atoms with Gasteiger partial charge in [0, 0.05) is 19.1 Å². The molecule has 1 aromatic carbocycles. The quantitative estimate of drug-likeness (QED) is 0.872. The van der Waals surface area contributed by atoms with Crippen LogP contribution in [0.1, 0.15) is 18.3 Å². The smallest absolute Gasteiger partial charge is 0.184 e. The number of fused-ring (bicyclic) bond motifs is 1. The van der Waals surface area contributed by atoms with Gasteiger partial charge < -0.3 is 24.1 Å². The van der Waals surface area contributed by atoms with Crippen molar-refractivity contribution in [3.05, 3.63) is 35.9 Å². The van der Waals surface area contributed by atoms with Gasteiger partial charge in [-0.15, -0.1) is 0 Å². The van der Waals surface area contributed by atoms with E-state index in [2.05, 4.69) is 0 Å². The lowest BCUT2D eigenvalue weighted by Gasteiger charge is -2.43. The van der Waals surface area contributed by atoms with Crippen molar-refractivity contribution in [3.8, 4) is 0 Å². The van der Waals surface area contributed by atoms with Gasteiger partial charge in [0.15, 0.2) is 12.6 Å². The summed E-state index contributed by atoms with van der Waals surface area (Å²) in [5.41, 5.74) is 0.946. The Morgan fingerprint density at radius 1 is 1.21 bits per heavy atom.